The second-order valence-electron chi connectivity index (χ2n) is 5.19. The van der Waals surface area contributed by atoms with Gasteiger partial charge in [0.15, 0.2) is 0 Å². The molecule has 2 nitrogen and oxygen atoms in total. The summed E-state index contributed by atoms with van der Waals surface area (Å²) in [5, 5.41) is 3.57. The highest BCUT2D eigenvalue weighted by molar-refractivity contribution is 4.91. The molecule has 1 N–H and O–H groups in total. The van der Waals surface area contributed by atoms with Gasteiger partial charge in [-0.3, -0.25) is 0 Å². The molecule has 14 heavy (non-hydrogen) atoms. The van der Waals surface area contributed by atoms with E-state index >= 15 is 0 Å². The lowest BCUT2D eigenvalue weighted by Crippen LogP contribution is -2.56. The summed E-state index contributed by atoms with van der Waals surface area (Å²) in [6, 6.07) is 0.798. The van der Waals surface area contributed by atoms with Gasteiger partial charge in [0, 0.05) is 19.1 Å². The van der Waals surface area contributed by atoms with E-state index < -0.39 is 0 Å². The minimum atomic E-state index is 0.798. The highest BCUT2D eigenvalue weighted by Crippen LogP contribution is 2.32. The van der Waals surface area contributed by atoms with Crippen molar-refractivity contribution in [2.75, 3.05) is 27.2 Å². The third kappa shape index (κ3) is 2.12. The SMILES string of the molecule is CNC(C1CCCCC1)C1CN(C)C1. The predicted octanol–water partition coefficient (Wildman–Crippen LogP) is 1.72. The van der Waals surface area contributed by atoms with Gasteiger partial charge in [-0.2, -0.15) is 0 Å². The second kappa shape index (κ2) is 4.63. The largest absolute Gasteiger partial charge is 0.316 e. The first-order chi connectivity index (χ1) is 6.81. The van der Waals surface area contributed by atoms with E-state index in [9.17, 15) is 0 Å². The van der Waals surface area contributed by atoms with E-state index in [4.69, 9.17) is 0 Å². The second-order valence-corrected chi connectivity index (χ2v) is 5.19. The highest BCUT2D eigenvalue weighted by atomic mass is 15.2. The van der Waals surface area contributed by atoms with E-state index in [-0.39, 0.29) is 0 Å². The molecule has 2 rings (SSSR count). The maximum Gasteiger partial charge on any atom is 0.0145 e. The van der Waals surface area contributed by atoms with Gasteiger partial charge in [0.1, 0.15) is 0 Å². The van der Waals surface area contributed by atoms with Gasteiger partial charge in [-0.25, -0.2) is 0 Å². The van der Waals surface area contributed by atoms with Gasteiger partial charge in [0.05, 0.1) is 0 Å². The Kier molecular flexibility index (Phi) is 3.45. The molecular weight excluding hydrogens is 172 g/mol. The lowest BCUT2D eigenvalue weighted by Gasteiger charge is -2.45. The van der Waals surface area contributed by atoms with E-state index in [2.05, 4.69) is 24.3 Å². The van der Waals surface area contributed by atoms with Crippen LogP contribution in [0.1, 0.15) is 32.1 Å². The Bertz CT molecular complexity index is 169. The van der Waals surface area contributed by atoms with Crippen LogP contribution in [0.25, 0.3) is 0 Å². The van der Waals surface area contributed by atoms with Crippen LogP contribution < -0.4 is 5.32 Å². The molecule has 1 saturated carbocycles. The van der Waals surface area contributed by atoms with Gasteiger partial charge in [0.25, 0.3) is 0 Å². The van der Waals surface area contributed by atoms with Gasteiger partial charge < -0.3 is 10.2 Å². The van der Waals surface area contributed by atoms with Gasteiger partial charge >= 0.3 is 0 Å². The fourth-order valence-corrected chi connectivity index (χ4v) is 3.32. The third-order valence-electron chi connectivity index (χ3n) is 4.09. The quantitative estimate of drug-likeness (QED) is 0.739. The molecule has 0 spiro atoms. The van der Waals surface area contributed by atoms with Crippen LogP contribution in [-0.2, 0) is 0 Å². The van der Waals surface area contributed by atoms with Gasteiger partial charge in [0.2, 0.25) is 0 Å². The van der Waals surface area contributed by atoms with Crippen molar-refractivity contribution in [3.63, 3.8) is 0 Å². The molecule has 0 radical (unpaired) electrons. The lowest BCUT2D eigenvalue weighted by molar-refractivity contribution is 0.0691. The first kappa shape index (κ1) is 10.4. The minimum absolute atomic E-state index is 0.798. The Morgan fingerprint density at radius 3 is 2.21 bits per heavy atom. The van der Waals surface area contributed by atoms with Crippen LogP contribution >= 0.6 is 0 Å². The molecule has 1 heterocycles. The van der Waals surface area contributed by atoms with Gasteiger partial charge in [-0.15, -0.1) is 0 Å². The zero-order valence-electron chi connectivity index (χ0n) is 9.63. The van der Waals surface area contributed by atoms with Crippen LogP contribution in [0, 0.1) is 11.8 Å². The Balaban J connectivity index is 1.85. The summed E-state index contributed by atoms with van der Waals surface area (Å²) in [7, 11) is 4.38. The molecule has 1 saturated heterocycles. The Hall–Kier alpha value is -0.0800. The van der Waals surface area contributed by atoms with E-state index in [1.165, 1.54) is 45.2 Å². The molecule has 1 aliphatic heterocycles. The molecule has 0 bridgehead atoms. The monoisotopic (exact) mass is 196 g/mol. The van der Waals surface area contributed by atoms with E-state index in [0.717, 1.165) is 17.9 Å². The van der Waals surface area contributed by atoms with Crippen LogP contribution in [0.5, 0.6) is 0 Å². The first-order valence-corrected chi connectivity index (χ1v) is 6.17. The summed E-state index contributed by atoms with van der Waals surface area (Å²) < 4.78 is 0. The third-order valence-corrected chi connectivity index (χ3v) is 4.09. The molecule has 0 aromatic rings. The molecule has 1 aliphatic carbocycles. The molecule has 2 aliphatic rings. The summed E-state index contributed by atoms with van der Waals surface area (Å²) >= 11 is 0. The summed E-state index contributed by atoms with van der Waals surface area (Å²) in [6.07, 6.45) is 7.33. The van der Waals surface area contributed by atoms with Gasteiger partial charge in [-0.1, -0.05) is 19.3 Å². The van der Waals surface area contributed by atoms with Crippen molar-refractivity contribution in [2.24, 2.45) is 11.8 Å². The molecule has 0 aromatic carbocycles. The molecule has 0 aromatic heterocycles. The lowest BCUT2D eigenvalue weighted by atomic mass is 9.76. The van der Waals surface area contributed by atoms with Crippen molar-refractivity contribution >= 4 is 0 Å². The van der Waals surface area contributed by atoms with Crippen LogP contribution in [0.4, 0.5) is 0 Å². The zero-order chi connectivity index (χ0) is 9.97. The molecule has 2 heteroatoms. The predicted molar refractivity (Wildman–Crippen MR) is 60.4 cm³/mol. The van der Waals surface area contributed by atoms with Crippen LogP contribution in [-0.4, -0.2) is 38.1 Å². The van der Waals surface area contributed by atoms with Crippen molar-refractivity contribution in [3.05, 3.63) is 0 Å². The average molecular weight is 196 g/mol. The average Bonchev–Trinajstić information content (AvgIpc) is 2.18. The summed E-state index contributed by atoms with van der Waals surface area (Å²) in [5.41, 5.74) is 0. The highest BCUT2D eigenvalue weighted by Gasteiger charge is 2.35. The number of rotatable bonds is 3. The van der Waals surface area contributed by atoms with Gasteiger partial charge in [-0.05, 0) is 38.8 Å². The van der Waals surface area contributed by atoms with Crippen LogP contribution in [0.3, 0.4) is 0 Å². The van der Waals surface area contributed by atoms with Crippen LogP contribution in [0.15, 0.2) is 0 Å². The first-order valence-electron chi connectivity index (χ1n) is 6.17. The molecule has 2 fully saturated rings. The Morgan fingerprint density at radius 1 is 1.07 bits per heavy atom. The number of nitrogens with zero attached hydrogens (tertiary/aromatic N) is 1. The number of hydrogen-bond acceptors (Lipinski definition) is 2. The van der Waals surface area contributed by atoms with Crippen molar-refractivity contribution in [3.8, 4) is 0 Å². The number of nitrogens with one attached hydrogen (secondary N) is 1. The maximum atomic E-state index is 3.57. The van der Waals surface area contributed by atoms with E-state index in [1.807, 2.05) is 0 Å². The standard InChI is InChI=1S/C12H24N2/c1-13-12(11-8-14(2)9-11)10-6-4-3-5-7-10/h10-13H,3-9H2,1-2H3. The summed E-state index contributed by atoms with van der Waals surface area (Å²) in [5.74, 6) is 1.89. The minimum Gasteiger partial charge on any atom is -0.316 e. The number of hydrogen-bond donors (Lipinski definition) is 1. The normalized spacial score (nSPS) is 28.7. The van der Waals surface area contributed by atoms with Crippen molar-refractivity contribution < 1.29 is 0 Å². The molecule has 82 valence electrons. The van der Waals surface area contributed by atoms with Crippen LogP contribution in [0.2, 0.25) is 0 Å². The van der Waals surface area contributed by atoms with Crippen molar-refractivity contribution in [2.45, 2.75) is 38.1 Å². The molecular formula is C12H24N2. The summed E-state index contributed by atoms with van der Waals surface area (Å²) in [6.45, 7) is 2.62. The topological polar surface area (TPSA) is 15.3 Å². The van der Waals surface area contributed by atoms with E-state index in [0.29, 0.717) is 0 Å². The Labute approximate surface area is 88.1 Å². The maximum absolute atomic E-state index is 3.57. The van der Waals surface area contributed by atoms with Crippen molar-refractivity contribution in [1.82, 2.24) is 10.2 Å². The Morgan fingerprint density at radius 2 is 1.71 bits per heavy atom. The zero-order valence-corrected chi connectivity index (χ0v) is 9.63. The fourth-order valence-electron chi connectivity index (χ4n) is 3.32. The number of likely N-dealkylation sites (tertiary alicyclic amines) is 1. The summed E-state index contributed by atoms with van der Waals surface area (Å²) in [4.78, 5) is 2.43. The smallest absolute Gasteiger partial charge is 0.0145 e. The molecule has 1 unspecified atom stereocenters. The molecule has 0 amide bonds. The van der Waals surface area contributed by atoms with E-state index in [1.54, 1.807) is 0 Å². The van der Waals surface area contributed by atoms with Crippen molar-refractivity contribution in [1.29, 1.82) is 0 Å². The fraction of sp³-hybridized carbons (Fsp3) is 1.00. The molecule has 1 atom stereocenters.